The van der Waals surface area contributed by atoms with Crippen LogP contribution in [0.4, 0.5) is 0 Å². The van der Waals surface area contributed by atoms with Crippen LogP contribution in [0, 0.1) is 5.92 Å². The number of hydrogen-bond donors (Lipinski definition) is 1. The van der Waals surface area contributed by atoms with Crippen molar-refractivity contribution in [1.82, 2.24) is 14.8 Å². The van der Waals surface area contributed by atoms with Crippen LogP contribution < -0.4 is 5.73 Å². The molecule has 0 aliphatic carbocycles. The average molecular weight is 375 g/mol. The van der Waals surface area contributed by atoms with Gasteiger partial charge in [0.1, 0.15) is 0 Å². The van der Waals surface area contributed by atoms with Crippen molar-refractivity contribution >= 4 is 27.5 Å². The van der Waals surface area contributed by atoms with E-state index in [1.807, 2.05) is 6.07 Å². The molecule has 0 spiro atoms. The van der Waals surface area contributed by atoms with Gasteiger partial charge in [-0.1, -0.05) is 12.1 Å². The van der Waals surface area contributed by atoms with Crippen LogP contribution >= 0.6 is 11.3 Å². The maximum atomic E-state index is 11.4. The summed E-state index contributed by atoms with van der Waals surface area (Å²) in [5.74, 6) is 0.654. The molecule has 1 aromatic heterocycles. The predicted octanol–water partition coefficient (Wildman–Crippen LogP) is 1.52. The Labute approximate surface area is 157 Å². The molecule has 2 aliphatic rings. The number of nitrogens with two attached hydrogens (primary N) is 1. The van der Waals surface area contributed by atoms with Crippen LogP contribution in [0.3, 0.4) is 0 Å². The van der Waals surface area contributed by atoms with Gasteiger partial charge in [-0.15, -0.1) is 11.3 Å². The van der Waals surface area contributed by atoms with Gasteiger partial charge in [-0.3, -0.25) is 14.6 Å². The monoisotopic (exact) mass is 374 g/mol. The van der Waals surface area contributed by atoms with Crippen molar-refractivity contribution in [2.75, 3.05) is 52.5 Å². The van der Waals surface area contributed by atoms with E-state index in [2.05, 4.69) is 28.0 Å². The molecule has 1 aromatic carbocycles. The molecule has 2 atom stereocenters. The minimum atomic E-state index is -0.250. The number of rotatable bonds is 5. The smallest absolute Gasteiger partial charge is 0.231 e. The van der Waals surface area contributed by atoms with Gasteiger partial charge in [-0.25, -0.2) is 4.98 Å². The highest BCUT2D eigenvalue weighted by Crippen LogP contribution is 2.37. The molecular weight excluding hydrogens is 348 g/mol. The Morgan fingerprint density at radius 1 is 1.23 bits per heavy atom. The molecule has 0 radical (unpaired) electrons. The third-order valence-corrected chi connectivity index (χ3v) is 6.61. The van der Waals surface area contributed by atoms with E-state index in [4.69, 9.17) is 15.5 Å². The molecule has 0 saturated carbocycles. The molecule has 2 fully saturated rings. The SMILES string of the molecule is NC(=O)CN1CCC(CN2CCOCC2)C(c2nc3ccccc3s2)C1. The first-order valence-electron chi connectivity index (χ1n) is 9.35. The van der Waals surface area contributed by atoms with Crippen LogP contribution in [0.1, 0.15) is 17.3 Å². The molecule has 7 heteroatoms. The number of morpholine rings is 1. The molecular formula is C19H26N4O2S. The Bertz CT molecular complexity index is 726. The normalized spacial score (nSPS) is 25.5. The molecule has 6 nitrogen and oxygen atoms in total. The zero-order valence-corrected chi connectivity index (χ0v) is 15.8. The topological polar surface area (TPSA) is 71.7 Å². The number of likely N-dealkylation sites (tertiary alicyclic amines) is 1. The van der Waals surface area contributed by atoms with Gasteiger partial charge in [0.2, 0.25) is 5.91 Å². The van der Waals surface area contributed by atoms with Crippen molar-refractivity contribution in [1.29, 1.82) is 0 Å². The number of nitrogens with zero attached hydrogens (tertiary/aromatic N) is 3. The Morgan fingerprint density at radius 2 is 2.04 bits per heavy atom. The first-order chi connectivity index (χ1) is 12.7. The Morgan fingerprint density at radius 3 is 2.81 bits per heavy atom. The van der Waals surface area contributed by atoms with Crippen molar-refractivity contribution in [3.63, 3.8) is 0 Å². The first-order valence-corrected chi connectivity index (χ1v) is 10.2. The van der Waals surface area contributed by atoms with Crippen molar-refractivity contribution in [3.05, 3.63) is 29.3 Å². The van der Waals surface area contributed by atoms with Gasteiger partial charge in [0.15, 0.2) is 0 Å². The largest absolute Gasteiger partial charge is 0.379 e. The molecule has 4 rings (SSSR count). The maximum Gasteiger partial charge on any atom is 0.231 e. The number of aromatic nitrogens is 1. The number of hydrogen-bond acceptors (Lipinski definition) is 6. The zero-order chi connectivity index (χ0) is 17.9. The molecule has 2 aromatic rings. The summed E-state index contributed by atoms with van der Waals surface area (Å²) in [5.41, 5.74) is 6.51. The van der Waals surface area contributed by atoms with E-state index in [1.165, 1.54) is 9.71 Å². The maximum absolute atomic E-state index is 11.4. The van der Waals surface area contributed by atoms with Crippen molar-refractivity contribution in [2.24, 2.45) is 11.7 Å². The van der Waals surface area contributed by atoms with Crippen LogP contribution in [0.15, 0.2) is 24.3 Å². The van der Waals surface area contributed by atoms with Crippen LogP contribution in [0.5, 0.6) is 0 Å². The first kappa shape index (κ1) is 17.9. The number of para-hydroxylation sites is 1. The van der Waals surface area contributed by atoms with Gasteiger partial charge in [0.25, 0.3) is 0 Å². The highest BCUT2D eigenvalue weighted by Gasteiger charge is 2.34. The highest BCUT2D eigenvalue weighted by atomic mass is 32.1. The molecule has 26 heavy (non-hydrogen) atoms. The van der Waals surface area contributed by atoms with E-state index in [0.29, 0.717) is 18.4 Å². The average Bonchev–Trinajstić information content (AvgIpc) is 3.07. The fourth-order valence-corrected chi connectivity index (χ4v) is 5.25. The van der Waals surface area contributed by atoms with E-state index in [0.717, 1.165) is 57.9 Å². The molecule has 2 unspecified atom stereocenters. The third kappa shape index (κ3) is 4.06. The van der Waals surface area contributed by atoms with Crippen LogP contribution in [-0.4, -0.2) is 73.2 Å². The van der Waals surface area contributed by atoms with Gasteiger partial charge in [-0.05, 0) is 31.0 Å². The number of piperidine rings is 1. The van der Waals surface area contributed by atoms with E-state index in [9.17, 15) is 4.79 Å². The third-order valence-electron chi connectivity index (χ3n) is 5.44. The van der Waals surface area contributed by atoms with E-state index in [1.54, 1.807) is 11.3 Å². The number of primary amides is 1. The van der Waals surface area contributed by atoms with Crippen LogP contribution in [0.25, 0.3) is 10.2 Å². The van der Waals surface area contributed by atoms with Crippen LogP contribution in [-0.2, 0) is 9.53 Å². The van der Waals surface area contributed by atoms with Crippen molar-refractivity contribution < 1.29 is 9.53 Å². The fraction of sp³-hybridized carbons (Fsp3) is 0.579. The van der Waals surface area contributed by atoms with E-state index >= 15 is 0 Å². The summed E-state index contributed by atoms with van der Waals surface area (Å²) in [5, 5.41) is 1.19. The summed E-state index contributed by atoms with van der Waals surface area (Å²) in [6.07, 6.45) is 1.07. The highest BCUT2D eigenvalue weighted by molar-refractivity contribution is 7.18. The minimum Gasteiger partial charge on any atom is -0.379 e. The summed E-state index contributed by atoms with van der Waals surface area (Å²) in [4.78, 5) is 21.0. The number of fused-ring (bicyclic) bond motifs is 1. The Hall–Kier alpha value is -1.54. The zero-order valence-electron chi connectivity index (χ0n) is 15.0. The molecule has 1 amide bonds. The lowest BCUT2D eigenvalue weighted by molar-refractivity contribution is -0.119. The summed E-state index contributed by atoms with van der Waals surface area (Å²) in [6, 6.07) is 8.32. The molecule has 140 valence electrons. The number of carbonyl (C=O) groups excluding carboxylic acids is 1. The number of carbonyl (C=O) groups is 1. The lowest BCUT2D eigenvalue weighted by Crippen LogP contribution is -2.47. The van der Waals surface area contributed by atoms with Gasteiger partial charge in [0, 0.05) is 32.1 Å². The van der Waals surface area contributed by atoms with Crippen molar-refractivity contribution in [2.45, 2.75) is 12.3 Å². The number of thiazole rings is 1. The molecule has 2 saturated heterocycles. The number of benzene rings is 1. The predicted molar refractivity (Wildman–Crippen MR) is 103 cm³/mol. The molecule has 2 N–H and O–H groups in total. The second-order valence-corrected chi connectivity index (χ2v) is 8.35. The quantitative estimate of drug-likeness (QED) is 0.859. The molecule has 2 aliphatic heterocycles. The van der Waals surface area contributed by atoms with Crippen LogP contribution in [0.2, 0.25) is 0 Å². The second kappa shape index (κ2) is 8.00. The van der Waals surface area contributed by atoms with Crippen molar-refractivity contribution in [3.8, 4) is 0 Å². The lowest BCUT2D eigenvalue weighted by atomic mass is 9.85. The van der Waals surface area contributed by atoms with Gasteiger partial charge < -0.3 is 10.5 Å². The Balaban J connectivity index is 1.56. The van der Waals surface area contributed by atoms with Gasteiger partial charge >= 0.3 is 0 Å². The van der Waals surface area contributed by atoms with Gasteiger partial charge in [0.05, 0.1) is 35.0 Å². The number of amides is 1. The summed E-state index contributed by atoms with van der Waals surface area (Å²) in [7, 11) is 0. The number of ether oxygens (including phenoxy) is 1. The lowest BCUT2D eigenvalue weighted by Gasteiger charge is -2.40. The van der Waals surface area contributed by atoms with E-state index < -0.39 is 0 Å². The molecule has 3 heterocycles. The fourth-order valence-electron chi connectivity index (χ4n) is 4.09. The second-order valence-electron chi connectivity index (χ2n) is 7.29. The summed E-state index contributed by atoms with van der Waals surface area (Å²) < 4.78 is 6.73. The molecule has 0 bridgehead atoms. The van der Waals surface area contributed by atoms with E-state index in [-0.39, 0.29) is 5.91 Å². The minimum absolute atomic E-state index is 0.250. The Kier molecular flexibility index (Phi) is 5.49. The van der Waals surface area contributed by atoms with Gasteiger partial charge in [-0.2, -0.15) is 0 Å². The summed E-state index contributed by atoms with van der Waals surface area (Å²) >= 11 is 1.79. The standard InChI is InChI=1S/C19H26N4O2S/c20-18(24)13-23-6-5-14(11-22-7-9-25-10-8-22)15(12-23)19-21-16-3-1-2-4-17(16)26-19/h1-4,14-15H,5-13H2,(H2,20,24). The summed E-state index contributed by atoms with van der Waals surface area (Å²) in [6.45, 7) is 6.87.